The average molecular weight is 793 g/mol. The van der Waals surface area contributed by atoms with Gasteiger partial charge in [-0.25, -0.2) is 0 Å². The molecular formula is C50H96O6. The third kappa shape index (κ3) is 43.5. The van der Waals surface area contributed by atoms with E-state index in [0.29, 0.717) is 19.3 Å². The van der Waals surface area contributed by atoms with E-state index in [0.717, 1.165) is 75.5 Å². The summed E-state index contributed by atoms with van der Waals surface area (Å²) < 4.78 is 16.7. The van der Waals surface area contributed by atoms with Gasteiger partial charge >= 0.3 is 17.9 Å². The lowest BCUT2D eigenvalue weighted by Crippen LogP contribution is -2.30. The summed E-state index contributed by atoms with van der Waals surface area (Å²) in [7, 11) is 0. The van der Waals surface area contributed by atoms with Crippen molar-refractivity contribution in [3.8, 4) is 0 Å². The Morgan fingerprint density at radius 3 is 0.768 bits per heavy atom. The van der Waals surface area contributed by atoms with Gasteiger partial charge in [0.1, 0.15) is 13.2 Å². The van der Waals surface area contributed by atoms with Gasteiger partial charge in [0.25, 0.3) is 0 Å². The number of hydrogen-bond donors (Lipinski definition) is 0. The smallest absolute Gasteiger partial charge is 0.306 e. The maximum absolute atomic E-state index is 12.7. The second kappa shape index (κ2) is 41.6. The Bertz CT molecular complexity index is 868. The van der Waals surface area contributed by atoms with Gasteiger partial charge in [-0.05, 0) is 37.0 Å². The molecule has 0 rings (SSSR count). The standard InChI is InChI=1S/C50H96O6/c1-44(2)36-30-24-18-14-12-10-8-7-9-11-13-15-21-27-33-39-48(51)54-42-47(56-50(53)41-35-29-23-17-20-26-32-38-46(5)6)43-55-49(52)40-34-28-22-16-19-25-31-37-45(3)4/h44-47H,7-43H2,1-6H3/t47-/m0/s1. The van der Waals surface area contributed by atoms with Crippen LogP contribution in [0.25, 0.3) is 0 Å². The van der Waals surface area contributed by atoms with Crippen molar-refractivity contribution in [1.82, 2.24) is 0 Å². The summed E-state index contributed by atoms with van der Waals surface area (Å²) in [4.78, 5) is 37.8. The van der Waals surface area contributed by atoms with Crippen LogP contribution in [0, 0.1) is 17.8 Å². The molecule has 0 aromatic rings. The summed E-state index contributed by atoms with van der Waals surface area (Å²) in [6.45, 7) is 13.6. The normalized spacial score (nSPS) is 12.2. The molecule has 0 saturated heterocycles. The lowest BCUT2D eigenvalue weighted by Gasteiger charge is -2.18. The van der Waals surface area contributed by atoms with Crippen LogP contribution in [0.1, 0.15) is 266 Å². The molecule has 6 nitrogen and oxygen atoms in total. The molecule has 0 bridgehead atoms. The number of carbonyl (C=O) groups is 3. The maximum Gasteiger partial charge on any atom is 0.306 e. The molecular weight excluding hydrogens is 697 g/mol. The van der Waals surface area contributed by atoms with Crippen LogP contribution < -0.4 is 0 Å². The molecule has 1 atom stereocenters. The monoisotopic (exact) mass is 793 g/mol. The number of hydrogen-bond acceptors (Lipinski definition) is 6. The SMILES string of the molecule is CC(C)CCCCCCCCCCCCCCCCCC(=O)OC[C@@H](COC(=O)CCCCCCCCCC(C)C)OC(=O)CCCCCCCCCC(C)C. The van der Waals surface area contributed by atoms with E-state index in [1.54, 1.807) is 0 Å². The van der Waals surface area contributed by atoms with Gasteiger partial charge in [-0.15, -0.1) is 0 Å². The predicted octanol–water partition coefficient (Wildman–Crippen LogP) is 15.6. The molecule has 0 spiro atoms. The van der Waals surface area contributed by atoms with E-state index in [2.05, 4.69) is 41.5 Å². The van der Waals surface area contributed by atoms with Crippen LogP contribution in [0.15, 0.2) is 0 Å². The Labute approximate surface area is 348 Å². The van der Waals surface area contributed by atoms with Gasteiger partial charge in [-0.3, -0.25) is 14.4 Å². The van der Waals surface area contributed by atoms with Gasteiger partial charge in [0.2, 0.25) is 0 Å². The van der Waals surface area contributed by atoms with Gasteiger partial charge in [-0.1, -0.05) is 228 Å². The molecule has 0 saturated carbocycles. The van der Waals surface area contributed by atoms with Crippen LogP contribution in [0.2, 0.25) is 0 Å². The largest absolute Gasteiger partial charge is 0.462 e. The fraction of sp³-hybridized carbons (Fsp3) is 0.940. The van der Waals surface area contributed by atoms with Gasteiger partial charge in [0.15, 0.2) is 6.10 Å². The van der Waals surface area contributed by atoms with E-state index in [1.807, 2.05) is 0 Å². The van der Waals surface area contributed by atoms with Gasteiger partial charge in [0, 0.05) is 19.3 Å². The number of rotatable bonds is 43. The van der Waals surface area contributed by atoms with Crippen molar-refractivity contribution >= 4 is 17.9 Å². The molecule has 332 valence electrons. The quantitative estimate of drug-likeness (QED) is 0.0348. The Balaban J connectivity index is 4.24. The van der Waals surface area contributed by atoms with Gasteiger partial charge in [-0.2, -0.15) is 0 Å². The molecule has 6 heteroatoms. The van der Waals surface area contributed by atoms with E-state index in [-0.39, 0.29) is 31.1 Å². The summed E-state index contributed by atoms with van der Waals surface area (Å²) in [5.74, 6) is 1.55. The molecule has 0 aromatic carbocycles. The summed E-state index contributed by atoms with van der Waals surface area (Å²) in [6.07, 6.45) is 39.7. The van der Waals surface area contributed by atoms with Crippen molar-refractivity contribution in [2.75, 3.05) is 13.2 Å². The molecule has 0 aliphatic heterocycles. The average Bonchev–Trinajstić information content (AvgIpc) is 3.15. The van der Waals surface area contributed by atoms with E-state index < -0.39 is 6.10 Å². The highest BCUT2D eigenvalue weighted by atomic mass is 16.6. The number of carbonyl (C=O) groups excluding carboxylic acids is 3. The first-order valence-corrected chi connectivity index (χ1v) is 24.6. The van der Waals surface area contributed by atoms with E-state index in [4.69, 9.17) is 14.2 Å². The maximum atomic E-state index is 12.7. The van der Waals surface area contributed by atoms with E-state index >= 15 is 0 Å². The minimum atomic E-state index is -0.762. The summed E-state index contributed by atoms with van der Waals surface area (Å²) in [6, 6.07) is 0. The van der Waals surface area contributed by atoms with Crippen molar-refractivity contribution in [3.05, 3.63) is 0 Å². The lowest BCUT2D eigenvalue weighted by atomic mass is 10.0. The fourth-order valence-electron chi connectivity index (χ4n) is 7.41. The van der Waals surface area contributed by atoms with Crippen LogP contribution in [0.4, 0.5) is 0 Å². The number of esters is 3. The molecule has 0 fully saturated rings. The Morgan fingerprint density at radius 2 is 0.518 bits per heavy atom. The lowest BCUT2D eigenvalue weighted by molar-refractivity contribution is -0.167. The summed E-state index contributed by atoms with van der Waals surface area (Å²) in [5, 5.41) is 0. The zero-order valence-electron chi connectivity index (χ0n) is 38.4. The highest BCUT2D eigenvalue weighted by molar-refractivity contribution is 5.71. The van der Waals surface area contributed by atoms with E-state index in [1.165, 1.54) is 148 Å². The topological polar surface area (TPSA) is 78.9 Å². The van der Waals surface area contributed by atoms with Gasteiger partial charge < -0.3 is 14.2 Å². The van der Waals surface area contributed by atoms with Crippen molar-refractivity contribution in [2.45, 2.75) is 272 Å². The van der Waals surface area contributed by atoms with Crippen LogP contribution in [-0.2, 0) is 28.6 Å². The van der Waals surface area contributed by atoms with Crippen LogP contribution >= 0.6 is 0 Å². The molecule has 0 amide bonds. The van der Waals surface area contributed by atoms with Crippen LogP contribution in [-0.4, -0.2) is 37.2 Å². The van der Waals surface area contributed by atoms with Gasteiger partial charge in [0.05, 0.1) is 0 Å². The molecule has 56 heavy (non-hydrogen) atoms. The Hall–Kier alpha value is -1.59. The molecule has 0 aliphatic rings. The Kier molecular flexibility index (Phi) is 40.4. The third-order valence-corrected chi connectivity index (χ3v) is 11.1. The zero-order chi connectivity index (χ0) is 41.3. The van der Waals surface area contributed by atoms with Crippen molar-refractivity contribution in [2.24, 2.45) is 17.8 Å². The molecule has 0 N–H and O–H groups in total. The molecule has 0 unspecified atom stereocenters. The molecule has 0 aromatic heterocycles. The second-order valence-corrected chi connectivity index (χ2v) is 18.5. The van der Waals surface area contributed by atoms with Crippen molar-refractivity contribution < 1.29 is 28.6 Å². The first kappa shape index (κ1) is 54.4. The fourth-order valence-corrected chi connectivity index (χ4v) is 7.41. The summed E-state index contributed by atoms with van der Waals surface area (Å²) >= 11 is 0. The Morgan fingerprint density at radius 1 is 0.304 bits per heavy atom. The zero-order valence-corrected chi connectivity index (χ0v) is 38.4. The number of unbranched alkanes of at least 4 members (excludes halogenated alkanes) is 26. The highest BCUT2D eigenvalue weighted by Crippen LogP contribution is 2.17. The predicted molar refractivity (Wildman–Crippen MR) is 238 cm³/mol. The summed E-state index contributed by atoms with van der Waals surface area (Å²) in [5.41, 5.74) is 0. The van der Waals surface area contributed by atoms with Crippen molar-refractivity contribution in [1.29, 1.82) is 0 Å². The molecule has 0 heterocycles. The molecule has 0 aliphatic carbocycles. The third-order valence-electron chi connectivity index (χ3n) is 11.1. The molecule has 0 radical (unpaired) electrons. The van der Waals surface area contributed by atoms with E-state index in [9.17, 15) is 14.4 Å². The highest BCUT2D eigenvalue weighted by Gasteiger charge is 2.19. The minimum Gasteiger partial charge on any atom is -0.462 e. The van der Waals surface area contributed by atoms with Crippen LogP contribution in [0.3, 0.4) is 0 Å². The first-order valence-electron chi connectivity index (χ1n) is 24.6. The minimum absolute atomic E-state index is 0.0661. The number of ether oxygens (including phenoxy) is 3. The first-order chi connectivity index (χ1) is 27.1. The van der Waals surface area contributed by atoms with Crippen molar-refractivity contribution in [3.63, 3.8) is 0 Å². The van der Waals surface area contributed by atoms with Crippen LogP contribution in [0.5, 0.6) is 0 Å². The second-order valence-electron chi connectivity index (χ2n) is 18.5.